The lowest BCUT2D eigenvalue weighted by molar-refractivity contribution is 0.0375. The number of hydrogen-bond donors (Lipinski definition) is 2. The third-order valence-electron chi connectivity index (χ3n) is 5.84. The van der Waals surface area contributed by atoms with Gasteiger partial charge in [0.2, 0.25) is 0 Å². The number of carbonyl (C=O) groups excluding carboxylic acids is 1. The Bertz CT molecular complexity index is 1000. The van der Waals surface area contributed by atoms with Crippen LogP contribution in [0.4, 0.5) is 26.4 Å². The molecule has 1 aromatic heterocycles. The topological polar surface area (TPSA) is 79.0 Å². The molecule has 2 aliphatic heterocycles. The second-order valence-corrected chi connectivity index (χ2v) is 9.64. The van der Waals surface area contributed by atoms with Gasteiger partial charge in [0.05, 0.1) is 18.9 Å². The van der Waals surface area contributed by atoms with Gasteiger partial charge in [-0.05, 0) is 69.1 Å². The minimum atomic E-state index is -0.681. The fourth-order valence-corrected chi connectivity index (χ4v) is 4.07. The zero-order valence-electron chi connectivity index (χ0n) is 20.2. The highest BCUT2D eigenvalue weighted by atomic mass is 19.1. The van der Waals surface area contributed by atoms with E-state index in [2.05, 4.69) is 20.5 Å². The van der Waals surface area contributed by atoms with Gasteiger partial charge in [-0.15, -0.1) is 0 Å². The standard InChI is InChI=1S/C25H34FN5O3/c1-25(2,3)34-24(32)31(9-8-30-10-12-33-13-11-30)22-5-4-20(15-21(22)26)29-23-14-19-16-27-7-6-18(19)17-28-23/h4-5,14-15,17,27H,6-13,16H2,1-3H3,(H,28,29). The van der Waals surface area contributed by atoms with Gasteiger partial charge in [-0.1, -0.05) is 0 Å². The summed E-state index contributed by atoms with van der Waals surface area (Å²) >= 11 is 0. The highest BCUT2D eigenvalue weighted by Gasteiger charge is 2.26. The third-order valence-corrected chi connectivity index (χ3v) is 5.84. The summed E-state index contributed by atoms with van der Waals surface area (Å²) in [5, 5.41) is 6.52. The van der Waals surface area contributed by atoms with Crippen LogP contribution in [-0.2, 0) is 22.4 Å². The first-order valence-electron chi connectivity index (χ1n) is 11.8. The second-order valence-electron chi connectivity index (χ2n) is 9.64. The minimum Gasteiger partial charge on any atom is -0.443 e. The molecule has 0 aliphatic carbocycles. The number of morpholine rings is 1. The van der Waals surface area contributed by atoms with E-state index in [-0.39, 0.29) is 5.69 Å². The van der Waals surface area contributed by atoms with Crippen LogP contribution in [0.25, 0.3) is 0 Å². The number of ether oxygens (including phenoxy) is 2. The van der Waals surface area contributed by atoms with Crippen LogP contribution >= 0.6 is 0 Å². The quantitative estimate of drug-likeness (QED) is 0.665. The Morgan fingerprint density at radius 3 is 2.79 bits per heavy atom. The van der Waals surface area contributed by atoms with E-state index in [0.717, 1.165) is 32.6 Å². The Morgan fingerprint density at radius 2 is 2.06 bits per heavy atom. The van der Waals surface area contributed by atoms with Crippen molar-refractivity contribution in [1.29, 1.82) is 0 Å². The van der Waals surface area contributed by atoms with Gasteiger partial charge >= 0.3 is 6.09 Å². The summed E-state index contributed by atoms with van der Waals surface area (Å²) in [5.41, 5.74) is 2.50. The average molecular weight is 472 g/mol. The molecule has 0 radical (unpaired) electrons. The summed E-state index contributed by atoms with van der Waals surface area (Å²) < 4.78 is 26.2. The molecule has 8 nitrogen and oxygen atoms in total. The zero-order valence-corrected chi connectivity index (χ0v) is 20.2. The first-order chi connectivity index (χ1) is 16.3. The maximum Gasteiger partial charge on any atom is 0.414 e. The highest BCUT2D eigenvalue weighted by molar-refractivity contribution is 5.88. The molecule has 2 aromatic rings. The fraction of sp³-hybridized carbons (Fsp3) is 0.520. The Morgan fingerprint density at radius 1 is 1.26 bits per heavy atom. The maximum atomic E-state index is 15.3. The molecule has 4 rings (SSSR count). The number of anilines is 3. The lowest BCUT2D eigenvalue weighted by Crippen LogP contribution is -2.45. The van der Waals surface area contributed by atoms with Crippen LogP contribution in [0.2, 0.25) is 0 Å². The molecule has 9 heteroatoms. The smallest absolute Gasteiger partial charge is 0.414 e. The number of nitrogens with one attached hydrogen (secondary N) is 2. The van der Waals surface area contributed by atoms with Crippen molar-refractivity contribution in [2.75, 3.05) is 56.2 Å². The van der Waals surface area contributed by atoms with Crippen LogP contribution in [0.3, 0.4) is 0 Å². The van der Waals surface area contributed by atoms with Gasteiger partial charge < -0.3 is 20.1 Å². The van der Waals surface area contributed by atoms with E-state index >= 15 is 4.39 Å². The SMILES string of the molecule is CC(C)(C)OC(=O)N(CCN1CCOCC1)c1ccc(Nc2cc3c(cn2)CCNC3)cc1F. The van der Waals surface area contributed by atoms with Crippen molar-refractivity contribution in [3.63, 3.8) is 0 Å². The lowest BCUT2D eigenvalue weighted by Gasteiger charge is -2.31. The van der Waals surface area contributed by atoms with Gasteiger partial charge in [-0.2, -0.15) is 0 Å². The molecule has 0 bridgehead atoms. The summed E-state index contributed by atoms with van der Waals surface area (Å²) in [6.45, 7) is 11.0. The Kier molecular flexibility index (Phi) is 7.65. The van der Waals surface area contributed by atoms with Crippen molar-refractivity contribution in [3.8, 4) is 0 Å². The Labute approximate surface area is 200 Å². The molecular weight excluding hydrogens is 437 g/mol. The lowest BCUT2D eigenvalue weighted by atomic mass is 10.0. The number of rotatable bonds is 6. The van der Waals surface area contributed by atoms with E-state index in [1.165, 1.54) is 22.1 Å². The van der Waals surface area contributed by atoms with Crippen LogP contribution in [-0.4, -0.2) is 67.5 Å². The van der Waals surface area contributed by atoms with E-state index < -0.39 is 17.5 Å². The largest absolute Gasteiger partial charge is 0.443 e. The number of carbonyl (C=O) groups is 1. The Hall–Kier alpha value is -2.75. The molecular formula is C25H34FN5O3. The molecule has 1 aromatic carbocycles. The zero-order chi connectivity index (χ0) is 24.1. The first-order valence-corrected chi connectivity index (χ1v) is 11.8. The number of amides is 1. The van der Waals surface area contributed by atoms with Crippen LogP contribution in [0.5, 0.6) is 0 Å². The number of nitrogens with zero attached hydrogens (tertiary/aromatic N) is 3. The molecule has 3 heterocycles. The molecule has 0 saturated carbocycles. The number of benzene rings is 1. The summed E-state index contributed by atoms with van der Waals surface area (Å²) in [6, 6.07) is 6.74. The number of halogens is 1. The van der Waals surface area contributed by atoms with Gasteiger partial charge in [-0.25, -0.2) is 14.2 Å². The molecule has 0 spiro atoms. The minimum absolute atomic E-state index is 0.190. The van der Waals surface area contributed by atoms with E-state index in [9.17, 15) is 4.79 Å². The van der Waals surface area contributed by atoms with Gasteiger partial charge in [0, 0.05) is 44.6 Å². The molecule has 34 heavy (non-hydrogen) atoms. The highest BCUT2D eigenvalue weighted by Crippen LogP contribution is 2.27. The second kappa shape index (κ2) is 10.7. The molecule has 0 atom stereocenters. The van der Waals surface area contributed by atoms with Gasteiger partial charge in [0.1, 0.15) is 17.2 Å². The summed E-state index contributed by atoms with van der Waals surface area (Å²) in [5.74, 6) is 0.156. The molecule has 1 amide bonds. The normalized spacial score (nSPS) is 16.6. The molecule has 0 unspecified atom stereocenters. The molecule has 184 valence electrons. The fourth-order valence-electron chi connectivity index (χ4n) is 4.07. The van der Waals surface area contributed by atoms with Crippen molar-refractivity contribution in [3.05, 3.63) is 47.4 Å². The van der Waals surface area contributed by atoms with E-state index in [4.69, 9.17) is 9.47 Å². The predicted molar refractivity (Wildman–Crippen MR) is 130 cm³/mol. The van der Waals surface area contributed by atoms with Crippen LogP contribution in [0.15, 0.2) is 30.5 Å². The van der Waals surface area contributed by atoms with Gasteiger partial charge in [0.25, 0.3) is 0 Å². The predicted octanol–water partition coefficient (Wildman–Crippen LogP) is 3.68. The van der Waals surface area contributed by atoms with Crippen molar-refractivity contribution in [2.24, 2.45) is 0 Å². The monoisotopic (exact) mass is 471 g/mol. The van der Waals surface area contributed by atoms with E-state index in [0.29, 0.717) is 37.8 Å². The Balaban J connectivity index is 1.50. The van der Waals surface area contributed by atoms with Crippen LogP contribution < -0.4 is 15.5 Å². The summed E-state index contributed by atoms with van der Waals surface area (Å²) in [7, 11) is 0. The van der Waals surface area contributed by atoms with Crippen LogP contribution in [0, 0.1) is 5.82 Å². The number of aromatic nitrogens is 1. The van der Waals surface area contributed by atoms with Crippen LogP contribution in [0.1, 0.15) is 31.9 Å². The van der Waals surface area contributed by atoms with Crippen molar-refractivity contribution in [1.82, 2.24) is 15.2 Å². The summed E-state index contributed by atoms with van der Waals surface area (Å²) in [6.07, 6.45) is 2.26. The van der Waals surface area contributed by atoms with E-state index in [1.54, 1.807) is 32.9 Å². The first kappa shape index (κ1) is 24.4. The molecule has 2 N–H and O–H groups in total. The van der Waals surface area contributed by atoms with Crippen molar-refractivity contribution >= 4 is 23.3 Å². The average Bonchev–Trinajstić information content (AvgIpc) is 2.80. The molecule has 1 fully saturated rings. The summed E-state index contributed by atoms with van der Waals surface area (Å²) in [4.78, 5) is 21.0. The maximum absolute atomic E-state index is 15.3. The number of hydrogen-bond acceptors (Lipinski definition) is 7. The van der Waals surface area contributed by atoms with Crippen molar-refractivity contribution < 1.29 is 18.7 Å². The van der Waals surface area contributed by atoms with Crippen molar-refractivity contribution in [2.45, 2.75) is 39.3 Å². The van der Waals surface area contributed by atoms with E-state index in [1.807, 2.05) is 12.3 Å². The third kappa shape index (κ3) is 6.43. The number of pyridine rings is 1. The molecule has 1 saturated heterocycles. The number of fused-ring (bicyclic) bond motifs is 1. The molecule has 2 aliphatic rings. The van der Waals surface area contributed by atoms with Gasteiger partial charge in [-0.3, -0.25) is 9.80 Å². The van der Waals surface area contributed by atoms with Gasteiger partial charge in [0.15, 0.2) is 0 Å².